The van der Waals surface area contributed by atoms with Crippen molar-refractivity contribution < 1.29 is 27.5 Å². The molecule has 0 aliphatic rings. The number of sulfonamides is 1. The van der Waals surface area contributed by atoms with Crippen LogP contribution in [-0.4, -0.2) is 19.5 Å². The lowest BCUT2D eigenvalue weighted by Gasteiger charge is -2.09. The quantitative estimate of drug-likeness (QED) is 0.697. The fourth-order valence-electron chi connectivity index (χ4n) is 2.04. The van der Waals surface area contributed by atoms with Gasteiger partial charge in [0.05, 0.1) is 10.6 Å². The van der Waals surface area contributed by atoms with Crippen molar-refractivity contribution in [3.63, 3.8) is 0 Å². The molecule has 3 rings (SSSR count). The average molecular weight is 359 g/mol. The van der Waals surface area contributed by atoms with E-state index in [2.05, 4.69) is 4.72 Å². The molecule has 1 heterocycles. The number of carbonyl (C=O) groups is 1. The first-order valence-corrected chi connectivity index (χ1v) is 8.61. The summed E-state index contributed by atoms with van der Waals surface area (Å²) in [4.78, 5) is 10.9. The third-order valence-electron chi connectivity index (χ3n) is 3.15. The van der Waals surface area contributed by atoms with E-state index in [9.17, 15) is 13.2 Å². The number of nitrogens with one attached hydrogen (secondary N) is 1. The number of benzene rings is 2. The van der Waals surface area contributed by atoms with E-state index in [1.165, 1.54) is 30.3 Å². The first kappa shape index (κ1) is 16.6. The van der Waals surface area contributed by atoms with Gasteiger partial charge >= 0.3 is 5.97 Å². The molecule has 2 N–H and O–H groups in total. The van der Waals surface area contributed by atoms with Gasteiger partial charge in [0.1, 0.15) is 5.75 Å². The SMILES string of the molecule is O=C(O)c1ccc(Oc2cccc(NS(=O)(=O)c3ccccc3)c2)o1. The first-order chi connectivity index (χ1) is 11.9. The van der Waals surface area contributed by atoms with Crippen LogP contribution in [0.1, 0.15) is 10.6 Å². The van der Waals surface area contributed by atoms with Gasteiger partial charge in [0.2, 0.25) is 5.76 Å². The Labute approximate surface area is 143 Å². The molecule has 0 aliphatic heterocycles. The Bertz CT molecular complexity index is 995. The summed E-state index contributed by atoms with van der Waals surface area (Å²) in [5.74, 6) is -1.19. The molecule has 8 heteroatoms. The fourth-order valence-corrected chi connectivity index (χ4v) is 3.11. The zero-order valence-corrected chi connectivity index (χ0v) is 13.6. The smallest absolute Gasteiger partial charge is 0.371 e. The van der Waals surface area contributed by atoms with Crippen LogP contribution in [-0.2, 0) is 10.0 Å². The van der Waals surface area contributed by atoms with Crippen molar-refractivity contribution in [2.75, 3.05) is 4.72 Å². The summed E-state index contributed by atoms with van der Waals surface area (Å²) >= 11 is 0. The third kappa shape index (κ3) is 3.99. The van der Waals surface area contributed by atoms with Gasteiger partial charge < -0.3 is 14.3 Å². The van der Waals surface area contributed by atoms with Gasteiger partial charge in [0.15, 0.2) is 0 Å². The van der Waals surface area contributed by atoms with E-state index < -0.39 is 16.0 Å². The average Bonchev–Trinajstić information content (AvgIpc) is 3.04. The summed E-state index contributed by atoms with van der Waals surface area (Å²) in [6, 6.07) is 16.8. The van der Waals surface area contributed by atoms with E-state index in [4.69, 9.17) is 14.3 Å². The number of hydrogen-bond acceptors (Lipinski definition) is 5. The highest BCUT2D eigenvalue weighted by molar-refractivity contribution is 7.92. The molecule has 0 bridgehead atoms. The predicted octanol–water partition coefficient (Wildman–Crippen LogP) is 3.57. The van der Waals surface area contributed by atoms with Gasteiger partial charge in [0.25, 0.3) is 16.0 Å². The predicted molar refractivity (Wildman–Crippen MR) is 89.4 cm³/mol. The Morgan fingerprint density at radius 3 is 2.44 bits per heavy atom. The molecule has 7 nitrogen and oxygen atoms in total. The van der Waals surface area contributed by atoms with Crippen LogP contribution in [0.2, 0.25) is 0 Å². The van der Waals surface area contributed by atoms with E-state index in [0.717, 1.165) is 0 Å². The van der Waals surface area contributed by atoms with Crippen molar-refractivity contribution in [2.24, 2.45) is 0 Å². The lowest BCUT2D eigenvalue weighted by molar-refractivity contribution is 0.0657. The minimum absolute atomic E-state index is 0.0135. The topological polar surface area (TPSA) is 106 Å². The van der Waals surface area contributed by atoms with Crippen molar-refractivity contribution in [3.05, 3.63) is 72.5 Å². The van der Waals surface area contributed by atoms with Crippen LogP contribution < -0.4 is 9.46 Å². The van der Waals surface area contributed by atoms with Crippen molar-refractivity contribution in [3.8, 4) is 11.7 Å². The maximum absolute atomic E-state index is 12.3. The largest absolute Gasteiger partial charge is 0.475 e. The first-order valence-electron chi connectivity index (χ1n) is 7.13. The van der Waals surface area contributed by atoms with Crippen molar-refractivity contribution in [1.82, 2.24) is 0 Å². The molecular weight excluding hydrogens is 346 g/mol. The highest BCUT2D eigenvalue weighted by atomic mass is 32.2. The van der Waals surface area contributed by atoms with Crippen LogP contribution in [0.3, 0.4) is 0 Å². The minimum Gasteiger partial charge on any atom is -0.475 e. The number of furan rings is 1. The Balaban J connectivity index is 1.78. The lowest BCUT2D eigenvalue weighted by atomic mass is 10.3. The number of ether oxygens (including phenoxy) is 1. The Morgan fingerprint density at radius 1 is 1.00 bits per heavy atom. The number of aromatic carboxylic acids is 1. The number of carboxylic acid groups (broad SMARTS) is 1. The maximum atomic E-state index is 12.3. The summed E-state index contributed by atoms with van der Waals surface area (Å²) in [5, 5.41) is 8.82. The van der Waals surface area contributed by atoms with E-state index in [1.54, 1.807) is 36.4 Å². The fraction of sp³-hybridized carbons (Fsp3) is 0. The Morgan fingerprint density at radius 2 is 1.76 bits per heavy atom. The van der Waals surface area contributed by atoms with E-state index in [1.807, 2.05) is 0 Å². The molecule has 0 saturated heterocycles. The second kappa shape index (κ2) is 6.70. The zero-order chi connectivity index (χ0) is 17.9. The van der Waals surface area contributed by atoms with Gasteiger partial charge in [0, 0.05) is 12.1 Å². The number of anilines is 1. The molecule has 3 aromatic rings. The molecule has 0 unspecified atom stereocenters. The Kier molecular flexibility index (Phi) is 4.44. The van der Waals surface area contributed by atoms with Crippen molar-refractivity contribution in [1.29, 1.82) is 0 Å². The summed E-state index contributed by atoms with van der Waals surface area (Å²) in [7, 11) is -3.72. The molecule has 1 aromatic heterocycles. The van der Waals surface area contributed by atoms with Gasteiger partial charge in [-0.2, -0.15) is 0 Å². The molecular formula is C17H13NO6S. The molecule has 0 amide bonds. The zero-order valence-electron chi connectivity index (χ0n) is 12.7. The van der Waals surface area contributed by atoms with Crippen LogP contribution in [0.15, 0.2) is 76.0 Å². The maximum Gasteiger partial charge on any atom is 0.371 e. The second-order valence-electron chi connectivity index (χ2n) is 4.97. The summed E-state index contributed by atoms with van der Waals surface area (Å²) in [5.41, 5.74) is 0.298. The van der Waals surface area contributed by atoms with E-state index in [-0.39, 0.29) is 16.6 Å². The third-order valence-corrected chi connectivity index (χ3v) is 4.55. The highest BCUT2D eigenvalue weighted by Crippen LogP contribution is 2.27. The monoisotopic (exact) mass is 359 g/mol. The van der Waals surface area contributed by atoms with Gasteiger partial charge in [-0.15, -0.1) is 0 Å². The molecule has 0 spiro atoms. The van der Waals surface area contributed by atoms with Gasteiger partial charge in [-0.3, -0.25) is 4.72 Å². The molecule has 25 heavy (non-hydrogen) atoms. The Hall–Kier alpha value is -3.26. The number of rotatable bonds is 6. The van der Waals surface area contributed by atoms with Crippen LogP contribution in [0.5, 0.6) is 11.7 Å². The molecule has 0 aliphatic carbocycles. The summed E-state index contributed by atoms with van der Waals surface area (Å²) < 4.78 is 37.5. The molecule has 0 radical (unpaired) electrons. The van der Waals surface area contributed by atoms with Crippen molar-refractivity contribution >= 4 is 21.7 Å². The van der Waals surface area contributed by atoms with Gasteiger partial charge in [-0.25, -0.2) is 13.2 Å². The normalized spacial score (nSPS) is 11.0. The molecule has 0 saturated carbocycles. The molecule has 0 atom stereocenters. The van der Waals surface area contributed by atoms with E-state index >= 15 is 0 Å². The van der Waals surface area contributed by atoms with E-state index in [0.29, 0.717) is 11.4 Å². The molecule has 128 valence electrons. The lowest BCUT2D eigenvalue weighted by Crippen LogP contribution is -2.12. The number of carboxylic acids is 1. The van der Waals surface area contributed by atoms with Crippen LogP contribution in [0.25, 0.3) is 0 Å². The van der Waals surface area contributed by atoms with Crippen LogP contribution in [0, 0.1) is 0 Å². The van der Waals surface area contributed by atoms with Crippen LogP contribution >= 0.6 is 0 Å². The van der Waals surface area contributed by atoms with Gasteiger partial charge in [-0.1, -0.05) is 24.3 Å². The second-order valence-corrected chi connectivity index (χ2v) is 6.65. The molecule has 2 aromatic carbocycles. The van der Waals surface area contributed by atoms with Crippen molar-refractivity contribution in [2.45, 2.75) is 4.90 Å². The summed E-state index contributed by atoms with van der Waals surface area (Å²) in [6.45, 7) is 0. The van der Waals surface area contributed by atoms with Gasteiger partial charge in [-0.05, 0) is 30.3 Å². The highest BCUT2D eigenvalue weighted by Gasteiger charge is 2.14. The number of hydrogen-bond donors (Lipinski definition) is 2. The standard InChI is InChI=1S/C17H13NO6S/c19-17(20)15-9-10-16(24-15)23-13-6-4-5-12(11-13)18-25(21,22)14-7-2-1-3-8-14/h1-11,18H,(H,19,20). The molecule has 0 fully saturated rings. The minimum atomic E-state index is -3.72. The summed E-state index contributed by atoms with van der Waals surface area (Å²) in [6.07, 6.45) is 0. The van der Waals surface area contributed by atoms with Crippen LogP contribution in [0.4, 0.5) is 5.69 Å².